The summed E-state index contributed by atoms with van der Waals surface area (Å²) in [6.45, 7) is 1.37. The standard InChI is InChI=1S/C9H11N3O/c10-6-2-1-3-7-8(6)9(13)12-5-4-11-7/h1-3,11H,4-5,10H2,(H,12,13). The third-order valence-electron chi connectivity index (χ3n) is 2.05. The highest BCUT2D eigenvalue weighted by Crippen LogP contribution is 2.22. The van der Waals surface area contributed by atoms with Crippen LogP contribution in [0.25, 0.3) is 0 Å². The first-order valence-electron chi connectivity index (χ1n) is 4.19. The molecule has 2 rings (SSSR count). The second-order valence-electron chi connectivity index (χ2n) is 2.95. The molecule has 1 aromatic carbocycles. The Morgan fingerprint density at radius 2 is 2.00 bits per heavy atom. The molecular formula is C9H11N3O. The Bertz CT molecular complexity index is 349. The van der Waals surface area contributed by atoms with E-state index in [1.165, 1.54) is 0 Å². The number of nitrogens with one attached hydrogen (secondary N) is 2. The second-order valence-corrected chi connectivity index (χ2v) is 2.95. The Labute approximate surface area is 76.1 Å². The minimum atomic E-state index is -0.0990. The van der Waals surface area contributed by atoms with E-state index in [9.17, 15) is 4.79 Å². The molecule has 0 saturated carbocycles. The Balaban J connectivity index is 2.55. The van der Waals surface area contributed by atoms with Crippen molar-refractivity contribution in [2.45, 2.75) is 0 Å². The summed E-state index contributed by atoms with van der Waals surface area (Å²) < 4.78 is 0. The molecule has 0 atom stereocenters. The van der Waals surface area contributed by atoms with Gasteiger partial charge in [-0.1, -0.05) is 6.07 Å². The number of hydrogen-bond donors (Lipinski definition) is 3. The molecular weight excluding hydrogens is 166 g/mol. The summed E-state index contributed by atoms with van der Waals surface area (Å²) in [5.41, 5.74) is 7.59. The third-order valence-corrected chi connectivity index (χ3v) is 2.05. The van der Waals surface area contributed by atoms with Crippen LogP contribution in [-0.2, 0) is 0 Å². The summed E-state index contributed by atoms with van der Waals surface area (Å²) in [6, 6.07) is 5.42. The van der Waals surface area contributed by atoms with E-state index in [1.54, 1.807) is 6.07 Å². The molecule has 1 aliphatic heterocycles. The number of amides is 1. The van der Waals surface area contributed by atoms with Crippen LogP contribution in [0, 0.1) is 0 Å². The average Bonchev–Trinajstić information content (AvgIpc) is 2.29. The highest BCUT2D eigenvalue weighted by Gasteiger charge is 2.16. The van der Waals surface area contributed by atoms with Crippen LogP contribution in [0.1, 0.15) is 10.4 Å². The lowest BCUT2D eigenvalue weighted by Gasteiger charge is -2.07. The number of carbonyl (C=O) groups excluding carboxylic acids is 1. The third kappa shape index (κ3) is 1.30. The molecule has 0 bridgehead atoms. The van der Waals surface area contributed by atoms with Gasteiger partial charge in [0.2, 0.25) is 0 Å². The molecule has 0 spiro atoms. The number of nitrogens with two attached hydrogens (primary N) is 1. The van der Waals surface area contributed by atoms with E-state index < -0.39 is 0 Å². The largest absolute Gasteiger partial charge is 0.398 e. The molecule has 0 fully saturated rings. The summed E-state index contributed by atoms with van der Waals surface area (Å²) in [6.07, 6.45) is 0. The molecule has 4 nitrogen and oxygen atoms in total. The summed E-state index contributed by atoms with van der Waals surface area (Å²) in [5, 5.41) is 5.89. The molecule has 1 aromatic rings. The maximum absolute atomic E-state index is 11.5. The number of carbonyl (C=O) groups is 1. The minimum Gasteiger partial charge on any atom is -0.398 e. The van der Waals surface area contributed by atoms with Gasteiger partial charge in [-0.3, -0.25) is 4.79 Å². The van der Waals surface area contributed by atoms with Crippen LogP contribution in [0.5, 0.6) is 0 Å². The normalized spacial score (nSPS) is 15.2. The van der Waals surface area contributed by atoms with E-state index >= 15 is 0 Å². The van der Waals surface area contributed by atoms with Gasteiger partial charge in [0, 0.05) is 24.5 Å². The zero-order chi connectivity index (χ0) is 9.26. The first-order chi connectivity index (χ1) is 6.29. The number of hydrogen-bond acceptors (Lipinski definition) is 3. The van der Waals surface area contributed by atoms with Crippen LogP contribution in [0.4, 0.5) is 11.4 Å². The van der Waals surface area contributed by atoms with Gasteiger partial charge < -0.3 is 16.4 Å². The van der Waals surface area contributed by atoms with Gasteiger partial charge in [0.05, 0.1) is 5.56 Å². The van der Waals surface area contributed by atoms with Crippen LogP contribution in [0.3, 0.4) is 0 Å². The zero-order valence-corrected chi connectivity index (χ0v) is 7.13. The van der Waals surface area contributed by atoms with Crippen LogP contribution in [0.2, 0.25) is 0 Å². The Kier molecular flexibility index (Phi) is 1.81. The van der Waals surface area contributed by atoms with Gasteiger partial charge in [0.1, 0.15) is 0 Å². The average molecular weight is 177 g/mol. The van der Waals surface area contributed by atoms with Gasteiger partial charge in [-0.05, 0) is 12.1 Å². The Morgan fingerprint density at radius 3 is 2.85 bits per heavy atom. The zero-order valence-electron chi connectivity index (χ0n) is 7.13. The van der Waals surface area contributed by atoms with Crippen molar-refractivity contribution in [3.63, 3.8) is 0 Å². The van der Waals surface area contributed by atoms with E-state index in [0.29, 0.717) is 17.8 Å². The van der Waals surface area contributed by atoms with Crippen molar-refractivity contribution < 1.29 is 4.79 Å². The van der Waals surface area contributed by atoms with Crippen molar-refractivity contribution in [3.05, 3.63) is 23.8 Å². The fourth-order valence-electron chi connectivity index (χ4n) is 1.43. The van der Waals surface area contributed by atoms with E-state index in [2.05, 4.69) is 10.6 Å². The lowest BCUT2D eigenvalue weighted by atomic mass is 10.1. The van der Waals surface area contributed by atoms with Crippen molar-refractivity contribution in [3.8, 4) is 0 Å². The van der Waals surface area contributed by atoms with Crippen LogP contribution in [0.15, 0.2) is 18.2 Å². The van der Waals surface area contributed by atoms with E-state index in [-0.39, 0.29) is 5.91 Å². The smallest absolute Gasteiger partial charge is 0.255 e. The van der Waals surface area contributed by atoms with Crippen molar-refractivity contribution >= 4 is 17.3 Å². The summed E-state index contributed by atoms with van der Waals surface area (Å²) in [7, 11) is 0. The van der Waals surface area contributed by atoms with Crippen LogP contribution < -0.4 is 16.4 Å². The van der Waals surface area contributed by atoms with Crippen molar-refractivity contribution in [1.29, 1.82) is 0 Å². The molecule has 1 heterocycles. The fourth-order valence-corrected chi connectivity index (χ4v) is 1.43. The fraction of sp³-hybridized carbons (Fsp3) is 0.222. The van der Waals surface area contributed by atoms with Crippen molar-refractivity contribution in [1.82, 2.24) is 5.32 Å². The molecule has 0 unspecified atom stereocenters. The van der Waals surface area contributed by atoms with Gasteiger partial charge in [0.15, 0.2) is 0 Å². The molecule has 13 heavy (non-hydrogen) atoms. The molecule has 1 aliphatic rings. The first kappa shape index (κ1) is 7.91. The monoisotopic (exact) mass is 177 g/mol. The Morgan fingerprint density at radius 1 is 1.23 bits per heavy atom. The van der Waals surface area contributed by atoms with E-state index in [1.807, 2.05) is 12.1 Å². The molecule has 4 N–H and O–H groups in total. The molecule has 0 radical (unpaired) electrons. The number of anilines is 2. The maximum atomic E-state index is 11.5. The summed E-state index contributed by atoms with van der Waals surface area (Å²) in [4.78, 5) is 11.5. The Hall–Kier alpha value is -1.71. The molecule has 1 amide bonds. The van der Waals surface area contributed by atoms with Gasteiger partial charge in [-0.15, -0.1) is 0 Å². The number of fused-ring (bicyclic) bond motifs is 1. The van der Waals surface area contributed by atoms with Crippen LogP contribution >= 0.6 is 0 Å². The van der Waals surface area contributed by atoms with E-state index in [4.69, 9.17) is 5.73 Å². The SMILES string of the molecule is Nc1cccc2c1C(=O)NCCN2. The van der Waals surface area contributed by atoms with Gasteiger partial charge >= 0.3 is 0 Å². The van der Waals surface area contributed by atoms with Crippen molar-refractivity contribution in [2.24, 2.45) is 0 Å². The number of benzene rings is 1. The molecule has 0 aromatic heterocycles. The predicted molar refractivity (Wildman–Crippen MR) is 51.7 cm³/mol. The highest BCUT2D eigenvalue weighted by molar-refractivity contribution is 6.04. The maximum Gasteiger partial charge on any atom is 0.255 e. The van der Waals surface area contributed by atoms with Crippen molar-refractivity contribution in [2.75, 3.05) is 24.1 Å². The number of rotatable bonds is 0. The minimum absolute atomic E-state index is 0.0990. The van der Waals surface area contributed by atoms with Gasteiger partial charge in [-0.2, -0.15) is 0 Å². The topological polar surface area (TPSA) is 67.2 Å². The lowest BCUT2D eigenvalue weighted by Crippen LogP contribution is -2.25. The molecule has 0 saturated heterocycles. The van der Waals surface area contributed by atoms with Gasteiger partial charge in [-0.25, -0.2) is 0 Å². The van der Waals surface area contributed by atoms with Gasteiger partial charge in [0.25, 0.3) is 5.91 Å². The quantitative estimate of drug-likeness (QED) is 0.503. The second kappa shape index (κ2) is 2.97. The first-order valence-corrected chi connectivity index (χ1v) is 4.19. The summed E-state index contributed by atoms with van der Waals surface area (Å²) >= 11 is 0. The summed E-state index contributed by atoms with van der Waals surface area (Å²) in [5.74, 6) is -0.0990. The predicted octanol–water partition coefficient (Wildman–Crippen LogP) is 0.424. The molecule has 4 heteroatoms. The van der Waals surface area contributed by atoms with E-state index in [0.717, 1.165) is 12.2 Å². The molecule has 0 aliphatic carbocycles. The number of nitrogen functional groups attached to an aromatic ring is 1. The van der Waals surface area contributed by atoms with Crippen LogP contribution in [-0.4, -0.2) is 19.0 Å². The lowest BCUT2D eigenvalue weighted by molar-refractivity contribution is 0.0959. The highest BCUT2D eigenvalue weighted by atomic mass is 16.1. The molecule has 68 valence electrons.